The van der Waals surface area contributed by atoms with Crippen LogP contribution in [-0.2, 0) is 17.8 Å². The first-order valence-corrected chi connectivity index (χ1v) is 12.1. The Morgan fingerprint density at radius 1 is 1.25 bits per heavy atom. The molecule has 3 rings (SSSR count). The van der Waals surface area contributed by atoms with Crippen LogP contribution in [0.1, 0.15) is 36.7 Å². The highest BCUT2D eigenvalue weighted by Gasteiger charge is 2.15. The summed E-state index contributed by atoms with van der Waals surface area (Å²) in [7, 11) is 1.65. The molecule has 8 heteroatoms. The molecule has 1 aromatic heterocycles. The van der Waals surface area contributed by atoms with Crippen molar-refractivity contribution in [2.24, 2.45) is 0 Å². The molecule has 0 atom stereocenters. The Bertz CT molecular complexity index is 1080. The van der Waals surface area contributed by atoms with Crippen molar-refractivity contribution in [1.29, 1.82) is 0 Å². The van der Waals surface area contributed by atoms with Gasteiger partial charge >= 0.3 is 0 Å². The van der Waals surface area contributed by atoms with Crippen LogP contribution >= 0.6 is 27.7 Å². The number of carbonyl (C=O) groups excluding carboxylic acids is 1. The second-order valence-corrected chi connectivity index (χ2v) is 9.40. The van der Waals surface area contributed by atoms with E-state index in [0.717, 1.165) is 32.9 Å². The van der Waals surface area contributed by atoms with Crippen LogP contribution in [0, 0.1) is 0 Å². The highest BCUT2D eigenvalue weighted by molar-refractivity contribution is 9.10. The van der Waals surface area contributed by atoms with Crippen molar-refractivity contribution in [3.8, 4) is 5.75 Å². The standard InChI is InChI=1S/C24H27BrN4O2S/c1-5-12-29-22(13-17-6-9-19(31-4)10-7-17)27-28-24(29)32-15-23(30)26-21-11-8-18(25)14-20(21)16(2)3/h5-11,14,16H,1,12-13,15H2,2-4H3,(H,26,30). The Kier molecular flexibility index (Phi) is 8.53. The molecule has 168 valence electrons. The van der Waals surface area contributed by atoms with Crippen LogP contribution in [-0.4, -0.2) is 33.5 Å². The number of anilines is 1. The Balaban J connectivity index is 1.68. The maximum absolute atomic E-state index is 12.6. The summed E-state index contributed by atoms with van der Waals surface area (Å²) in [5.74, 6) is 2.10. The predicted molar refractivity (Wildman–Crippen MR) is 134 cm³/mol. The van der Waals surface area contributed by atoms with E-state index in [4.69, 9.17) is 4.74 Å². The molecule has 3 aromatic rings. The first-order valence-electron chi connectivity index (χ1n) is 10.3. The van der Waals surface area contributed by atoms with Crippen molar-refractivity contribution in [1.82, 2.24) is 14.8 Å². The molecule has 2 aromatic carbocycles. The number of nitrogens with zero attached hydrogens (tertiary/aromatic N) is 3. The molecule has 6 nitrogen and oxygen atoms in total. The van der Waals surface area contributed by atoms with E-state index >= 15 is 0 Å². The fourth-order valence-electron chi connectivity index (χ4n) is 3.24. The fourth-order valence-corrected chi connectivity index (χ4v) is 4.38. The van der Waals surface area contributed by atoms with E-state index in [1.54, 1.807) is 7.11 Å². The average molecular weight is 515 g/mol. The lowest BCUT2D eigenvalue weighted by Crippen LogP contribution is -2.16. The summed E-state index contributed by atoms with van der Waals surface area (Å²) in [5.41, 5.74) is 3.03. The molecular formula is C24H27BrN4O2S. The minimum atomic E-state index is -0.0796. The van der Waals surface area contributed by atoms with Crippen molar-refractivity contribution >= 4 is 39.3 Å². The summed E-state index contributed by atoms with van der Waals surface area (Å²) in [5, 5.41) is 12.4. The van der Waals surface area contributed by atoms with Crippen LogP contribution in [0.2, 0.25) is 0 Å². The predicted octanol–water partition coefficient (Wildman–Crippen LogP) is 5.68. The molecule has 0 bridgehead atoms. The van der Waals surface area contributed by atoms with Gasteiger partial charge in [-0.1, -0.05) is 59.7 Å². The van der Waals surface area contributed by atoms with E-state index in [-0.39, 0.29) is 11.7 Å². The van der Waals surface area contributed by atoms with E-state index in [0.29, 0.717) is 24.0 Å². The summed E-state index contributed by atoms with van der Waals surface area (Å²) in [6, 6.07) is 13.8. The highest BCUT2D eigenvalue weighted by Crippen LogP contribution is 2.28. The number of carbonyl (C=O) groups is 1. The first-order chi connectivity index (χ1) is 15.4. The van der Waals surface area contributed by atoms with Crippen molar-refractivity contribution in [2.45, 2.75) is 37.9 Å². The maximum Gasteiger partial charge on any atom is 0.234 e. The number of rotatable bonds is 10. The molecule has 0 unspecified atom stereocenters. The molecule has 0 spiro atoms. The largest absolute Gasteiger partial charge is 0.497 e. The second-order valence-electron chi connectivity index (χ2n) is 7.55. The van der Waals surface area contributed by atoms with Gasteiger partial charge in [0.25, 0.3) is 0 Å². The summed E-state index contributed by atoms with van der Waals surface area (Å²) < 4.78 is 8.21. The molecule has 0 saturated carbocycles. The zero-order valence-corrected chi connectivity index (χ0v) is 20.9. The van der Waals surface area contributed by atoms with Gasteiger partial charge in [0.1, 0.15) is 11.6 Å². The zero-order valence-electron chi connectivity index (χ0n) is 18.5. The smallest absolute Gasteiger partial charge is 0.234 e. The number of nitrogens with one attached hydrogen (secondary N) is 1. The lowest BCUT2D eigenvalue weighted by molar-refractivity contribution is -0.113. The minimum absolute atomic E-state index is 0.0796. The summed E-state index contributed by atoms with van der Waals surface area (Å²) in [4.78, 5) is 12.6. The van der Waals surface area contributed by atoms with Crippen LogP contribution in [0.3, 0.4) is 0 Å². The summed E-state index contributed by atoms with van der Waals surface area (Å²) in [6.45, 7) is 8.63. The number of thioether (sulfide) groups is 1. The number of ether oxygens (including phenoxy) is 1. The molecule has 0 radical (unpaired) electrons. The van der Waals surface area contributed by atoms with Gasteiger partial charge in [-0.25, -0.2) is 0 Å². The third kappa shape index (κ3) is 6.23. The van der Waals surface area contributed by atoms with E-state index in [9.17, 15) is 4.79 Å². The fraction of sp³-hybridized carbons (Fsp3) is 0.292. The quantitative estimate of drug-likeness (QED) is 0.278. The topological polar surface area (TPSA) is 69.0 Å². The SMILES string of the molecule is C=CCn1c(Cc2ccc(OC)cc2)nnc1SCC(=O)Nc1ccc(Br)cc1C(C)C. The summed E-state index contributed by atoms with van der Waals surface area (Å²) in [6.07, 6.45) is 2.44. The number of aromatic nitrogens is 3. The van der Waals surface area contributed by atoms with Crippen LogP contribution in [0.15, 0.2) is 64.7 Å². The Morgan fingerprint density at radius 2 is 2.00 bits per heavy atom. The van der Waals surface area contributed by atoms with Gasteiger partial charge in [-0.05, 0) is 47.4 Å². The van der Waals surface area contributed by atoms with Gasteiger partial charge < -0.3 is 14.6 Å². The number of hydrogen-bond acceptors (Lipinski definition) is 5. The number of hydrogen-bond donors (Lipinski definition) is 1. The van der Waals surface area contributed by atoms with Crippen LogP contribution < -0.4 is 10.1 Å². The lowest BCUT2D eigenvalue weighted by Gasteiger charge is -2.14. The van der Waals surface area contributed by atoms with Crippen LogP contribution in [0.5, 0.6) is 5.75 Å². The van der Waals surface area contributed by atoms with Gasteiger partial charge in [0.2, 0.25) is 5.91 Å². The van der Waals surface area contributed by atoms with Crippen LogP contribution in [0.4, 0.5) is 5.69 Å². The van der Waals surface area contributed by atoms with Gasteiger partial charge in [0.05, 0.1) is 12.9 Å². The van der Waals surface area contributed by atoms with Gasteiger partial charge in [-0.15, -0.1) is 16.8 Å². The summed E-state index contributed by atoms with van der Waals surface area (Å²) >= 11 is 4.87. The molecular weight excluding hydrogens is 488 g/mol. The van der Waals surface area contributed by atoms with Crippen molar-refractivity contribution in [3.63, 3.8) is 0 Å². The Labute approximate surface area is 201 Å². The normalized spacial score (nSPS) is 10.9. The zero-order chi connectivity index (χ0) is 23.1. The van der Waals surface area contributed by atoms with Crippen molar-refractivity contribution in [3.05, 3.63) is 76.5 Å². The van der Waals surface area contributed by atoms with E-state index < -0.39 is 0 Å². The third-order valence-corrected chi connectivity index (χ3v) is 6.33. The molecule has 0 aliphatic heterocycles. The monoisotopic (exact) mass is 514 g/mol. The molecule has 0 aliphatic carbocycles. The van der Waals surface area contributed by atoms with Gasteiger partial charge in [-0.3, -0.25) is 4.79 Å². The Morgan fingerprint density at radius 3 is 2.66 bits per heavy atom. The lowest BCUT2D eigenvalue weighted by atomic mass is 10.0. The molecule has 1 amide bonds. The first kappa shape index (κ1) is 24.1. The van der Waals surface area contributed by atoms with Crippen molar-refractivity contribution in [2.75, 3.05) is 18.2 Å². The molecule has 0 aliphatic rings. The van der Waals surface area contributed by atoms with E-state index in [1.165, 1.54) is 11.8 Å². The number of amides is 1. The second kappa shape index (κ2) is 11.3. The number of halogens is 1. The molecule has 1 heterocycles. The van der Waals surface area contributed by atoms with Gasteiger partial charge in [-0.2, -0.15) is 0 Å². The van der Waals surface area contributed by atoms with Gasteiger partial charge in [0, 0.05) is 23.1 Å². The van der Waals surface area contributed by atoms with Crippen molar-refractivity contribution < 1.29 is 9.53 Å². The number of allylic oxidation sites excluding steroid dienone is 1. The molecule has 0 fully saturated rings. The third-order valence-electron chi connectivity index (χ3n) is 4.87. The van der Waals surface area contributed by atoms with Gasteiger partial charge in [0.15, 0.2) is 5.16 Å². The molecule has 32 heavy (non-hydrogen) atoms. The number of benzene rings is 2. The average Bonchev–Trinajstić information content (AvgIpc) is 3.15. The van der Waals surface area contributed by atoms with E-state index in [1.807, 2.05) is 53.1 Å². The molecule has 0 saturated heterocycles. The number of methoxy groups -OCH3 is 1. The highest BCUT2D eigenvalue weighted by atomic mass is 79.9. The van der Waals surface area contributed by atoms with E-state index in [2.05, 4.69) is 51.9 Å². The maximum atomic E-state index is 12.6. The minimum Gasteiger partial charge on any atom is -0.497 e. The van der Waals surface area contributed by atoms with Crippen LogP contribution in [0.25, 0.3) is 0 Å². The Hall–Kier alpha value is -2.58. The molecule has 1 N–H and O–H groups in total.